The second-order valence-electron chi connectivity index (χ2n) is 8.05. The van der Waals surface area contributed by atoms with Crippen molar-refractivity contribution < 1.29 is 9.47 Å². The van der Waals surface area contributed by atoms with Gasteiger partial charge in [-0.2, -0.15) is 0 Å². The zero-order valence-corrected chi connectivity index (χ0v) is 16.6. The van der Waals surface area contributed by atoms with Gasteiger partial charge in [-0.3, -0.25) is 0 Å². The molecule has 1 aliphatic heterocycles. The Hall–Kier alpha value is -1.84. The SMILES string of the molecule is COc1cccc(C2(OC)[C@@H]3CCC[C@H]2CN(CCc2ccccc2)C3)c1. The van der Waals surface area contributed by atoms with E-state index in [-0.39, 0.29) is 5.60 Å². The summed E-state index contributed by atoms with van der Waals surface area (Å²) in [6, 6.07) is 19.4. The van der Waals surface area contributed by atoms with Crippen molar-refractivity contribution in [2.75, 3.05) is 33.9 Å². The molecular formula is C24H31NO2. The number of ether oxygens (including phenoxy) is 2. The van der Waals surface area contributed by atoms with Crippen LogP contribution in [0.15, 0.2) is 54.6 Å². The molecule has 1 unspecified atom stereocenters. The number of hydrogen-bond acceptors (Lipinski definition) is 3. The highest BCUT2D eigenvalue weighted by atomic mass is 16.5. The third-order valence-corrected chi connectivity index (χ3v) is 6.69. The summed E-state index contributed by atoms with van der Waals surface area (Å²) in [6.07, 6.45) is 4.92. The van der Waals surface area contributed by atoms with Crippen LogP contribution in [0.25, 0.3) is 0 Å². The third-order valence-electron chi connectivity index (χ3n) is 6.69. The van der Waals surface area contributed by atoms with Crippen LogP contribution in [0.2, 0.25) is 0 Å². The summed E-state index contributed by atoms with van der Waals surface area (Å²) in [5.74, 6) is 2.00. The minimum Gasteiger partial charge on any atom is -0.497 e. The van der Waals surface area contributed by atoms with Gasteiger partial charge in [0.2, 0.25) is 0 Å². The van der Waals surface area contributed by atoms with Crippen molar-refractivity contribution in [1.82, 2.24) is 4.90 Å². The Morgan fingerprint density at radius 3 is 2.37 bits per heavy atom. The Morgan fingerprint density at radius 2 is 1.70 bits per heavy atom. The largest absolute Gasteiger partial charge is 0.497 e. The first-order valence-electron chi connectivity index (χ1n) is 10.2. The van der Waals surface area contributed by atoms with Gasteiger partial charge in [-0.25, -0.2) is 0 Å². The number of methoxy groups -OCH3 is 2. The molecule has 3 heteroatoms. The van der Waals surface area contributed by atoms with Gasteiger partial charge in [0.05, 0.1) is 7.11 Å². The van der Waals surface area contributed by atoms with Crippen molar-refractivity contribution in [3.8, 4) is 5.75 Å². The third kappa shape index (κ3) is 3.51. The Labute approximate surface area is 163 Å². The number of fused-ring (bicyclic) bond motifs is 2. The van der Waals surface area contributed by atoms with Crippen LogP contribution in [0.1, 0.15) is 30.4 Å². The molecule has 0 radical (unpaired) electrons. The lowest BCUT2D eigenvalue weighted by atomic mass is 9.62. The van der Waals surface area contributed by atoms with Gasteiger partial charge in [0.15, 0.2) is 0 Å². The smallest absolute Gasteiger partial charge is 0.119 e. The minimum absolute atomic E-state index is 0.171. The summed E-state index contributed by atoms with van der Waals surface area (Å²) < 4.78 is 11.9. The number of piperidine rings is 1. The molecule has 1 aliphatic carbocycles. The van der Waals surface area contributed by atoms with Crippen LogP contribution in [0.4, 0.5) is 0 Å². The van der Waals surface area contributed by atoms with Crippen molar-refractivity contribution in [2.45, 2.75) is 31.3 Å². The first-order valence-corrected chi connectivity index (χ1v) is 10.2. The minimum atomic E-state index is -0.171. The molecule has 0 spiro atoms. The summed E-state index contributed by atoms with van der Waals surface area (Å²) in [5.41, 5.74) is 2.55. The van der Waals surface area contributed by atoms with Crippen LogP contribution < -0.4 is 4.74 Å². The first-order chi connectivity index (χ1) is 13.3. The summed E-state index contributed by atoms with van der Waals surface area (Å²) in [5, 5.41) is 0. The molecule has 0 amide bonds. The van der Waals surface area contributed by atoms with E-state index in [9.17, 15) is 0 Å². The van der Waals surface area contributed by atoms with E-state index in [1.807, 2.05) is 13.2 Å². The molecule has 1 saturated heterocycles. The molecule has 27 heavy (non-hydrogen) atoms. The van der Waals surface area contributed by atoms with Gasteiger partial charge in [-0.1, -0.05) is 48.9 Å². The average Bonchev–Trinajstić information content (AvgIpc) is 2.72. The number of likely N-dealkylation sites (tertiary alicyclic amines) is 1. The number of nitrogens with zero attached hydrogens (tertiary/aromatic N) is 1. The molecule has 1 saturated carbocycles. The lowest BCUT2D eigenvalue weighted by Gasteiger charge is -2.55. The van der Waals surface area contributed by atoms with Gasteiger partial charge in [0.25, 0.3) is 0 Å². The Bertz CT molecular complexity index is 731. The molecule has 2 aromatic rings. The van der Waals surface area contributed by atoms with E-state index in [4.69, 9.17) is 9.47 Å². The molecule has 3 atom stereocenters. The topological polar surface area (TPSA) is 21.7 Å². The van der Waals surface area contributed by atoms with Crippen LogP contribution in [-0.4, -0.2) is 38.8 Å². The van der Waals surface area contributed by atoms with Gasteiger partial charge in [0, 0.05) is 38.6 Å². The maximum atomic E-state index is 6.36. The fourth-order valence-electron chi connectivity index (χ4n) is 5.43. The van der Waals surface area contributed by atoms with E-state index in [1.165, 1.54) is 30.4 Å². The van der Waals surface area contributed by atoms with Crippen LogP contribution in [0.3, 0.4) is 0 Å². The fraction of sp³-hybridized carbons (Fsp3) is 0.500. The standard InChI is InChI=1S/C24H31NO2/c1-26-23-13-7-10-20(16-23)24(27-2)21-11-6-12-22(24)18-25(17-21)15-14-19-8-4-3-5-9-19/h3-5,7-10,13,16,21-22H,6,11-12,14-15,17-18H2,1-2H3/t21-,22+,24?. The van der Waals surface area contributed by atoms with Crippen LogP contribution >= 0.6 is 0 Å². The summed E-state index contributed by atoms with van der Waals surface area (Å²) in [7, 11) is 3.65. The summed E-state index contributed by atoms with van der Waals surface area (Å²) >= 11 is 0. The van der Waals surface area contributed by atoms with Gasteiger partial charge < -0.3 is 14.4 Å². The van der Waals surface area contributed by atoms with Gasteiger partial charge in [-0.05, 0) is 42.5 Å². The molecule has 1 heterocycles. The Morgan fingerprint density at radius 1 is 0.963 bits per heavy atom. The van der Waals surface area contributed by atoms with E-state index in [0.717, 1.165) is 31.8 Å². The zero-order valence-electron chi connectivity index (χ0n) is 16.6. The molecule has 3 nitrogen and oxygen atoms in total. The molecule has 2 bridgehead atoms. The monoisotopic (exact) mass is 365 g/mol. The molecule has 0 aromatic heterocycles. The molecule has 2 fully saturated rings. The molecular weight excluding hydrogens is 334 g/mol. The molecule has 2 aliphatic rings. The van der Waals surface area contributed by atoms with Crippen molar-refractivity contribution in [2.24, 2.45) is 11.8 Å². The van der Waals surface area contributed by atoms with Crippen molar-refractivity contribution in [1.29, 1.82) is 0 Å². The van der Waals surface area contributed by atoms with Crippen LogP contribution in [-0.2, 0) is 16.8 Å². The first kappa shape index (κ1) is 18.5. The Kier molecular flexibility index (Phi) is 5.51. The normalized spacial score (nSPS) is 28.1. The highest BCUT2D eigenvalue weighted by molar-refractivity contribution is 5.35. The lowest BCUT2D eigenvalue weighted by Crippen LogP contribution is -2.59. The highest BCUT2D eigenvalue weighted by Crippen LogP contribution is 2.51. The second-order valence-corrected chi connectivity index (χ2v) is 8.05. The molecule has 0 N–H and O–H groups in total. The molecule has 2 aromatic carbocycles. The summed E-state index contributed by atoms with van der Waals surface area (Å²) in [4.78, 5) is 2.67. The van der Waals surface area contributed by atoms with E-state index < -0.39 is 0 Å². The van der Waals surface area contributed by atoms with Crippen LogP contribution in [0.5, 0.6) is 5.75 Å². The highest BCUT2D eigenvalue weighted by Gasteiger charge is 2.53. The number of hydrogen-bond donors (Lipinski definition) is 0. The van der Waals surface area contributed by atoms with E-state index in [1.54, 1.807) is 7.11 Å². The maximum Gasteiger partial charge on any atom is 0.119 e. The fourth-order valence-corrected chi connectivity index (χ4v) is 5.43. The predicted octanol–water partition coefficient (Wildman–Crippen LogP) is 4.51. The van der Waals surface area contributed by atoms with Gasteiger partial charge >= 0.3 is 0 Å². The predicted molar refractivity (Wildman–Crippen MR) is 109 cm³/mol. The average molecular weight is 366 g/mol. The number of rotatable bonds is 6. The summed E-state index contributed by atoms with van der Waals surface area (Å²) in [6.45, 7) is 3.37. The van der Waals surface area contributed by atoms with E-state index in [0.29, 0.717) is 11.8 Å². The van der Waals surface area contributed by atoms with Crippen molar-refractivity contribution >= 4 is 0 Å². The molecule has 4 rings (SSSR count). The number of benzene rings is 2. The second kappa shape index (κ2) is 8.04. The molecule has 144 valence electrons. The van der Waals surface area contributed by atoms with E-state index in [2.05, 4.69) is 53.4 Å². The Balaban J connectivity index is 1.55. The maximum absolute atomic E-state index is 6.36. The zero-order chi connectivity index (χ0) is 18.7. The van der Waals surface area contributed by atoms with Gasteiger partial charge in [-0.15, -0.1) is 0 Å². The lowest BCUT2D eigenvalue weighted by molar-refractivity contribution is -0.168. The van der Waals surface area contributed by atoms with Gasteiger partial charge in [0.1, 0.15) is 11.4 Å². The van der Waals surface area contributed by atoms with E-state index >= 15 is 0 Å². The van der Waals surface area contributed by atoms with Crippen LogP contribution in [0, 0.1) is 11.8 Å². The van der Waals surface area contributed by atoms with Crippen molar-refractivity contribution in [3.05, 3.63) is 65.7 Å². The van der Waals surface area contributed by atoms with Crippen molar-refractivity contribution in [3.63, 3.8) is 0 Å². The quantitative estimate of drug-likeness (QED) is 0.752.